The second-order valence-electron chi connectivity index (χ2n) is 7.43. The van der Waals surface area contributed by atoms with Crippen LogP contribution in [-0.2, 0) is 19.6 Å². The highest BCUT2D eigenvalue weighted by atomic mass is 32.2. The van der Waals surface area contributed by atoms with E-state index < -0.39 is 22.6 Å². The third-order valence-electron chi connectivity index (χ3n) is 5.10. The number of nitrogens with one attached hydrogen (secondary N) is 1. The van der Waals surface area contributed by atoms with E-state index >= 15 is 0 Å². The fourth-order valence-electron chi connectivity index (χ4n) is 3.21. The highest BCUT2D eigenvalue weighted by Crippen LogP contribution is 2.23. The molecule has 2 aliphatic rings. The topological polar surface area (TPSA) is 109 Å². The lowest BCUT2D eigenvalue weighted by Gasteiger charge is -2.36. The average molecular weight is 451 g/mol. The van der Waals surface area contributed by atoms with Crippen molar-refractivity contribution in [1.29, 1.82) is 0 Å². The van der Waals surface area contributed by atoms with Crippen LogP contribution >= 0.6 is 0 Å². The molecule has 166 valence electrons. The number of nitrogens with zero attached hydrogens (tertiary/aromatic N) is 2. The summed E-state index contributed by atoms with van der Waals surface area (Å²) >= 11 is 0. The van der Waals surface area contributed by atoms with Crippen LogP contribution in [-0.4, -0.2) is 64.0 Å². The minimum absolute atomic E-state index is 0.0911. The van der Waals surface area contributed by atoms with E-state index in [9.17, 15) is 22.4 Å². The molecule has 11 heteroatoms. The van der Waals surface area contributed by atoms with Crippen molar-refractivity contribution in [2.75, 3.05) is 37.7 Å². The zero-order chi connectivity index (χ0) is 22.0. The average Bonchev–Trinajstić information content (AvgIpc) is 3.41. The van der Waals surface area contributed by atoms with Crippen LogP contribution in [0, 0.1) is 5.82 Å². The van der Waals surface area contributed by atoms with Gasteiger partial charge in [-0.2, -0.15) is 0 Å². The molecule has 4 rings (SSSR count). The van der Waals surface area contributed by atoms with Gasteiger partial charge in [0.2, 0.25) is 10.9 Å². The molecule has 1 aliphatic carbocycles. The summed E-state index contributed by atoms with van der Waals surface area (Å²) in [6.45, 7) is 1.53. The molecule has 1 aromatic carbocycles. The Kier molecular flexibility index (Phi) is 5.96. The molecule has 0 spiro atoms. The number of carbonyl (C=O) groups is 2. The number of piperazine rings is 1. The zero-order valence-corrected chi connectivity index (χ0v) is 17.4. The van der Waals surface area contributed by atoms with E-state index in [1.165, 1.54) is 24.3 Å². The largest absolute Gasteiger partial charge is 0.450 e. The van der Waals surface area contributed by atoms with Gasteiger partial charge in [-0.05, 0) is 49.2 Å². The van der Waals surface area contributed by atoms with Gasteiger partial charge in [0.05, 0.1) is 0 Å². The molecule has 1 amide bonds. The Hall–Kier alpha value is -2.92. The Morgan fingerprint density at radius 3 is 2.39 bits per heavy atom. The van der Waals surface area contributed by atoms with Gasteiger partial charge in [-0.3, -0.25) is 4.79 Å². The number of halogens is 1. The van der Waals surface area contributed by atoms with Gasteiger partial charge in [-0.15, -0.1) is 0 Å². The predicted octanol–water partition coefficient (Wildman–Crippen LogP) is 1.36. The van der Waals surface area contributed by atoms with Crippen LogP contribution < -0.4 is 9.62 Å². The van der Waals surface area contributed by atoms with Crippen LogP contribution in [0.2, 0.25) is 0 Å². The SMILES string of the molecule is O=C(OCC(=O)N1CCN(c2ccc(F)cc2)CC1)c1ccc(S(=O)(=O)NC2CC2)o1. The van der Waals surface area contributed by atoms with Crippen molar-refractivity contribution < 1.29 is 31.6 Å². The lowest BCUT2D eigenvalue weighted by atomic mass is 10.2. The Bertz CT molecular complexity index is 1060. The maximum atomic E-state index is 13.1. The van der Waals surface area contributed by atoms with Gasteiger partial charge < -0.3 is 19.0 Å². The smallest absolute Gasteiger partial charge is 0.374 e. The van der Waals surface area contributed by atoms with Crippen molar-refractivity contribution in [2.45, 2.75) is 24.0 Å². The van der Waals surface area contributed by atoms with E-state index in [2.05, 4.69) is 4.72 Å². The molecule has 1 aliphatic heterocycles. The van der Waals surface area contributed by atoms with E-state index in [1.807, 2.05) is 4.90 Å². The summed E-state index contributed by atoms with van der Waals surface area (Å²) in [4.78, 5) is 28.1. The molecule has 1 saturated carbocycles. The predicted molar refractivity (Wildman–Crippen MR) is 108 cm³/mol. The first kappa shape index (κ1) is 21.3. The normalized spacial score (nSPS) is 16.9. The number of carbonyl (C=O) groups excluding carboxylic acids is 2. The number of anilines is 1. The van der Waals surface area contributed by atoms with Crippen LogP contribution in [0.4, 0.5) is 10.1 Å². The molecule has 31 heavy (non-hydrogen) atoms. The molecule has 2 fully saturated rings. The van der Waals surface area contributed by atoms with Crippen LogP contribution in [0.1, 0.15) is 23.4 Å². The molecule has 0 unspecified atom stereocenters. The van der Waals surface area contributed by atoms with Crippen molar-refractivity contribution in [3.63, 3.8) is 0 Å². The first-order valence-corrected chi connectivity index (χ1v) is 11.4. The van der Waals surface area contributed by atoms with Gasteiger partial charge in [-0.25, -0.2) is 22.3 Å². The highest BCUT2D eigenvalue weighted by molar-refractivity contribution is 7.89. The van der Waals surface area contributed by atoms with Crippen LogP contribution in [0.15, 0.2) is 45.9 Å². The molecule has 0 bridgehead atoms. The maximum absolute atomic E-state index is 13.1. The molecule has 2 aromatic rings. The second kappa shape index (κ2) is 8.67. The third-order valence-corrected chi connectivity index (χ3v) is 6.49. The van der Waals surface area contributed by atoms with Crippen molar-refractivity contribution in [3.05, 3.63) is 48.0 Å². The van der Waals surface area contributed by atoms with Crippen LogP contribution in [0.5, 0.6) is 0 Å². The van der Waals surface area contributed by atoms with Gasteiger partial charge in [0.15, 0.2) is 6.61 Å². The summed E-state index contributed by atoms with van der Waals surface area (Å²) in [5, 5.41) is -0.366. The zero-order valence-electron chi connectivity index (χ0n) is 16.6. The van der Waals surface area contributed by atoms with Gasteiger partial charge in [0.25, 0.3) is 15.9 Å². The lowest BCUT2D eigenvalue weighted by molar-refractivity contribution is -0.134. The Morgan fingerprint density at radius 2 is 1.74 bits per heavy atom. The maximum Gasteiger partial charge on any atom is 0.374 e. The number of hydrogen-bond acceptors (Lipinski definition) is 7. The number of rotatable bonds is 7. The van der Waals surface area contributed by atoms with Crippen molar-refractivity contribution >= 4 is 27.6 Å². The van der Waals surface area contributed by atoms with Crippen molar-refractivity contribution in [2.24, 2.45) is 0 Å². The van der Waals surface area contributed by atoms with E-state index in [0.29, 0.717) is 26.2 Å². The van der Waals surface area contributed by atoms with E-state index in [-0.39, 0.29) is 28.6 Å². The summed E-state index contributed by atoms with van der Waals surface area (Å²) in [6.07, 6.45) is 1.55. The summed E-state index contributed by atoms with van der Waals surface area (Å²) in [6, 6.07) is 8.44. The summed E-state index contributed by atoms with van der Waals surface area (Å²) < 4.78 is 49.8. The standard InChI is InChI=1S/C20H22FN3O6S/c21-14-1-5-16(6-2-14)23-9-11-24(12-10-23)18(25)13-29-20(26)17-7-8-19(30-17)31(27,28)22-15-3-4-15/h1-2,5-8,15,22H,3-4,9-13H2. The van der Waals surface area contributed by atoms with Gasteiger partial charge in [-0.1, -0.05) is 0 Å². The molecule has 0 radical (unpaired) electrons. The number of amides is 1. The second-order valence-corrected chi connectivity index (χ2v) is 9.08. The monoisotopic (exact) mass is 451 g/mol. The van der Waals surface area contributed by atoms with Gasteiger partial charge in [0, 0.05) is 37.9 Å². The quantitative estimate of drug-likeness (QED) is 0.633. The lowest BCUT2D eigenvalue weighted by Crippen LogP contribution is -2.49. The number of furan rings is 1. The Labute approximate surface area is 178 Å². The third kappa shape index (κ3) is 5.23. The number of sulfonamides is 1. The fourth-order valence-corrected chi connectivity index (χ4v) is 4.45. The first-order valence-electron chi connectivity index (χ1n) is 9.89. The van der Waals surface area contributed by atoms with Crippen LogP contribution in [0.25, 0.3) is 0 Å². The number of hydrogen-bond donors (Lipinski definition) is 1. The van der Waals surface area contributed by atoms with Crippen molar-refractivity contribution in [3.8, 4) is 0 Å². The van der Waals surface area contributed by atoms with Gasteiger partial charge in [0.1, 0.15) is 5.82 Å². The number of ether oxygens (including phenoxy) is 1. The fraction of sp³-hybridized carbons (Fsp3) is 0.400. The number of benzene rings is 1. The van der Waals surface area contributed by atoms with Gasteiger partial charge >= 0.3 is 5.97 Å². The van der Waals surface area contributed by atoms with E-state index in [0.717, 1.165) is 18.5 Å². The summed E-state index contributed by atoms with van der Waals surface area (Å²) in [5.74, 6) is -1.86. The molecule has 1 N–H and O–H groups in total. The highest BCUT2D eigenvalue weighted by Gasteiger charge is 2.31. The summed E-state index contributed by atoms with van der Waals surface area (Å²) in [7, 11) is -3.81. The van der Waals surface area contributed by atoms with E-state index in [1.54, 1.807) is 17.0 Å². The molecule has 1 aromatic heterocycles. The van der Waals surface area contributed by atoms with Crippen molar-refractivity contribution in [1.82, 2.24) is 9.62 Å². The molecule has 2 heterocycles. The molecular weight excluding hydrogens is 429 g/mol. The first-order chi connectivity index (χ1) is 14.8. The minimum atomic E-state index is -3.81. The Balaban J connectivity index is 1.25. The van der Waals surface area contributed by atoms with E-state index in [4.69, 9.17) is 9.15 Å². The molecule has 1 saturated heterocycles. The minimum Gasteiger partial charge on any atom is -0.450 e. The Morgan fingerprint density at radius 1 is 1.06 bits per heavy atom. The molecule has 0 atom stereocenters. The number of esters is 1. The molecule has 9 nitrogen and oxygen atoms in total. The summed E-state index contributed by atoms with van der Waals surface area (Å²) in [5.41, 5.74) is 0.875. The molecular formula is C20H22FN3O6S. The van der Waals surface area contributed by atoms with Crippen LogP contribution in [0.3, 0.4) is 0 Å².